The number of benzene rings is 2. The number of aromatic amines is 2. The lowest BCUT2D eigenvalue weighted by Gasteiger charge is -2.16. The first-order valence-corrected chi connectivity index (χ1v) is 8.83. The molecule has 0 radical (unpaired) electrons. The number of nitrogens with one attached hydrogen (secondary N) is 3. The molecular formula is C16H16N4O4S. The average Bonchev–Trinajstić information content (AvgIpc) is 2.94. The first kappa shape index (κ1) is 16.9. The van der Waals surface area contributed by atoms with E-state index in [-0.39, 0.29) is 17.1 Å². The van der Waals surface area contributed by atoms with Gasteiger partial charge in [-0.05, 0) is 30.3 Å². The summed E-state index contributed by atoms with van der Waals surface area (Å²) in [4.78, 5) is 28.7. The molecule has 3 aromatic rings. The molecular weight excluding hydrogens is 344 g/mol. The van der Waals surface area contributed by atoms with Gasteiger partial charge in [0.05, 0.1) is 22.5 Å². The third-order valence-corrected chi connectivity index (χ3v) is 5.43. The third-order valence-electron chi connectivity index (χ3n) is 3.62. The van der Waals surface area contributed by atoms with Gasteiger partial charge < -0.3 is 15.3 Å². The fourth-order valence-corrected chi connectivity index (χ4v) is 3.52. The van der Waals surface area contributed by atoms with Crippen LogP contribution >= 0.6 is 0 Å². The number of carbonyl (C=O) groups is 1. The Hall–Kier alpha value is -2.91. The Bertz CT molecular complexity index is 1070. The number of imidazole rings is 1. The molecule has 0 aliphatic rings. The fourth-order valence-electron chi connectivity index (χ4n) is 2.37. The molecule has 0 saturated carbocycles. The molecule has 9 heteroatoms. The summed E-state index contributed by atoms with van der Waals surface area (Å²) in [5.74, 6) is -0.487. The van der Waals surface area contributed by atoms with Gasteiger partial charge in [0.2, 0.25) is 15.9 Å². The summed E-state index contributed by atoms with van der Waals surface area (Å²) < 4.78 is 25.8. The molecule has 8 nitrogen and oxygen atoms in total. The standard InChI is InChI=1S/C16H16N4O4S/c1-20(25(23,24)12-5-3-2-4-6-12)10-15(21)17-11-7-8-13-14(9-11)19-16(22)18-13/h2-9H,10H2,1H3,(H,17,21)(H2,18,19,22). The van der Waals surface area contributed by atoms with Crippen molar-refractivity contribution in [2.45, 2.75) is 4.90 Å². The number of rotatable bonds is 5. The number of carbonyl (C=O) groups excluding carboxylic acids is 1. The summed E-state index contributed by atoms with van der Waals surface area (Å²) in [6.07, 6.45) is 0. The van der Waals surface area contributed by atoms with Crippen molar-refractivity contribution in [3.8, 4) is 0 Å². The van der Waals surface area contributed by atoms with Crippen molar-refractivity contribution < 1.29 is 13.2 Å². The van der Waals surface area contributed by atoms with Gasteiger partial charge in [-0.15, -0.1) is 0 Å². The highest BCUT2D eigenvalue weighted by Crippen LogP contribution is 2.16. The minimum atomic E-state index is -3.74. The lowest BCUT2D eigenvalue weighted by atomic mass is 10.3. The van der Waals surface area contributed by atoms with E-state index >= 15 is 0 Å². The van der Waals surface area contributed by atoms with Crippen LogP contribution in [-0.2, 0) is 14.8 Å². The monoisotopic (exact) mass is 360 g/mol. The quantitative estimate of drug-likeness (QED) is 0.632. The van der Waals surface area contributed by atoms with Crippen molar-refractivity contribution in [2.24, 2.45) is 0 Å². The number of aromatic nitrogens is 2. The molecule has 0 aliphatic carbocycles. The van der Waals surface area contributed by atoms with Gasteiger partial charge in [-0.25, -0.2) is 13.2 Å². The van der Waals surface area contributed by atoms with Gasteiger partial charge in [-0.3, -0.25) is 4.79 Å². The zero-order chi connectivity index (χ0) is 18.0. The Morgan fingerprint density at radius 2 is 1.76 bits per heavy atom. The van der Waals surface area contributed by atoms with Crippen LogP contribution in [-0.4, -0.2) is 42.2 Å². The zero-order valence-electron chi connectivity index (χ0n) is 13.3. The highest BCUT2D eigenvalue weighted by atomic mass is 32.2. The van der Waals surface area contributed by atoms with Gasteiger partial charge in [0.15, 0.2) is 0 Å². The summed E-state index contributed by atoms with van der Waals surface area (Å²) in [6.45, 7) is -0.334. The largest absolute Gasteiger partial charge is 0.325 e. The lowest BCUT2D eigenvalue weighted by Crippen LogP contribution is -2.34. The summed E-state index contributed by atoms with van der Waals surface area (Å²) in [6, 6.07) is 12.8. The predicted molar refractivity (Wildman–Crippen MR) is 93.8 cm³/mol. The number of fused-ring (bicyclic) bond motifs is 1. The molecule has 2 aromatic carbocycles. The second-order valence-electron chi connectivity index (χ2n) is 5.46. The first-order chi connectivity index (χ1) is 11.9. The minimum Gasteiger partial charge on any atom is -0.325 e. The van der Waals surface area contributed by atoms with E-state index in [1.54, 1.807) is 36.4 Å². The Labute approximate surface area is 143 Å². The Kier molecular flexibility index (Phi) is 4.43. The van der Waals surface area contributed by atoms with Gasteiger partial charge in [-0.1, -0.05) is 18.2 Å². The molecule has 1 heterocycles. The van der Waals surface area contributed by atoms with Crippen molar-refractivity contribution in [3.63, 3.8) is 0 Å². The Balaban J connectivity index is 1.71. The van der Waals surface area contributed by atoms with Crippen LogP contribution in [0.4, 0.5) is 5.69 Å². The van der Waals surface area contributed by atoms with E-state index in [0.717, 1.165) is 4.31 Å². The first-order valence-electron chi connectivity index (χ1n) is 7.39. The van der Waals surface area contributed by atoms with Crippen LogP contribution in [0.15, 0.2) is 58.2 Å². The predicted octanol–water partition coefficient (Wildman–Crippen LogP) is 1.12. The van der Waals surface area contributed by atoms with Crippen molar-refractivity contribution in [2.75, 3.05) is 18.9 Å². The molecule has 25 heavy (non-hydrogen) atoms. The number of amides is 1. The molecule has 0 aliphatic heterocycles. The Morgan fingerprint density at radius 3 is 2.48 bits per heavy atom. The molecule has 0 bridgehead atoms. The highest BCUT2D eigenvalue weighted by Gasteiger charge is 2.22. The van der Waals surface area contributed by atoms with E-state index in [9.17, 15) is 18.0 Å². The summed E-state index contributed by atoms with van der Waals surface area (Å²) in [7, 11) is -2.40. The normalized spacial score (nSPS) is 11.8. The number of nitrogens with zero attached hydrogens (tertiary/aromatic N) is 1. The van der Waals surface area contributed by atoms with Gasteiger partial charge in [0, 0.05) is 12.7 Å². The molecule has 3 N–H and O–H groups in total. The van der Waals surface area contributed by atoms with E-state index in [1.807, 2.05) is 0 Å². The van der Waals surface area contributed by atoms with E-state index in [0.29, 0.717) is 16.7 Å². The van der Waals surface area contributed by atoms with Crippen LogP contribution in [0, 0.1) is 0 Å². The number of likely N-dealkylation sites (N-methyl/N-ethyl adjacent to an activating group) is 1. The van der Waals surface area contributed by atoms with Gasteiger partial charge >= 0.3 is 5.69 Å². The Morgan fingerprint density at radius 1 is 1.08 bits per heavy atom. The summed E-state index contributed by atoms with van der Waals surface area (Å²) >= 11 is 0. The number of hydrogen-bond donors (Lipinski definition) is 3. The third kappa shape index (κ3) is 3.62. The van der Waals surface area contributed by atoms with E-state index < -0.39 is 15.9 Å². The van der Waals surface area contributed by atoms with Crippen molar-refractivity contribution in [1.82, 2.24) is 14.3 Å². The molecule has 0 atom stereocenters. The average molecular weight is 360 g/mol. The topological polar surface area (TPSA) is 115 Å². The van der Waals surface area contributed by atoms with Crippen LogP contribution < -0.4 is 11.0 Å². The van der Waals surface area contributed by atoms with Gasteiger partial charge in [-0.2, -0.15) is 4.31 Å². The summed E-state index contributed by atoms with van der Waals surface area (Å²) in [5.41, 5.74) is 1.28. The van der Waals surface area contributed by atoms with Gasteiger partial charge in [0.25, 0.3) is 0 Å². The SMILES string of the molecule is CN(CC(=O)Nc1ccc2[nH]c(=O)[nH]c2c1)S(=O)(=O)c1ccccc1. The van der Waals surface area contributed by atoms with Crippen LogP contribution in [0.3, 0.4) is 0 Å². The second-order valence-corrected chi connectivity index (χ2v) is 7.51. The van der Waals surface area contributed by atoms with Crippen LogP contribution in [0.2, 0.25) is 0 Å². The second kappa shape index (κ2) is 6.54. The number of sulfonamides is 1. The maximum atomic E-state index is 12.4. The maximum absolute atomic E-state index is 12.4. The number of anilines is 1. The molecule has 0 fully saturated rings. The van der Waals surface area contributed by atoms with Crippen molar-refractivity contribution >= 4 is 32.7 Å². The van der Waals surface area contributed by atoms with Crippen LogP contribution in [0.1, 0.15) is 0 Å². The molecule has 1 amide bonds. The van der Waals surface area contributed by atoms with Crippen LogP contribution in [0.25, 0.3) is 11.0 Å². The van der Waals surface area contributed by atoms with Crippen molar-refractivity contribution in [1.29, 1.82) is 0 Å². The van der Waals surface area contributed by atoms with E-state index in [4.69, 9.17) is 0 Å². The molecule has 1 aromatic heterocycles. The summed E-state index contributed by atoms with van der Waals surface area (Å²) in [5, 5.41) is 2.62. The fraction of sp³-hybridized carbons (Fsp3) is 0.125. The molecule has 3 rings (SSSR count). The molecule has 0 spiro atoms. The molecule has 0 unspecified atom stereocenters. The smallest absolute Gasteiger partial charge is 0.323 e. The zero-order valence-corrected chi connectivity index (χ0v) is 14.1. The van der Waals surface area contributed by atoms with Crippen LogP contribution in [0.5, 0.6) is 0 Å². The maximum Gasteiger partial charge on any atom is 0.323 e. The minimum absolute atomic E-state index is 0.122. The lowest BCUT2D eigenvalue weighted by molar-refractivity contribution is -0.116. The van der Waals surface area contributed by atoms with E-state index in [1.165, 1.54) is 19.2 Å². The van der Waals surface area contributed by atoms with Crippen molar-refractivity contribution in [3.05, 3.63) is 59.0 Å². The van der Waals surface area contributed by atoms with Gasteiger partial charge in [0.1, 0.15) is 0 Å². The molecule has 130 valence electrons. The number of hydrogen-bond acceptors (Lipinski definition) is 4. The van der Waals surface area contributed by atoms with E-state index in [2.05, 4.69) is 15.3 Å². The molecule has 0 saturated heterocycles. The highest BCUT2D eigenvalue weighted by molar-refractivity contribution is 7.89. The number of H-pyrrole nitrogens is 2.